The Bertz CT molecular complexity index is 1490. The van der Waals surface area contributed by atoms with Gasteiger partial charge in [0.15, 0.2) is 0 Å². The predicted molar refractivity (Wildman–Crippen MR) is 141 cm³/mol. The molecule has 10 nitrogen and oxygen atoms in total. The van der Waals surface area contributed by atoms with E-state index in [1.165, 1.54) is 12.1 Å². The van der Waals surface area contributed by atoms with Crippen molar-refractivity contribution in [1.82, 2.24) is 9.97 Å². The van der Waals surface area contributed by atoms with Crippen LogP contribution in [0.1, 0.15) is 5.56 Å². The van der Waals surface area contributed by atoms with Crippen LogP contribution in [0.3, 0.4) is 0 Å². The number of benzene rings is 3. The molecule has 0 saturated carbocycles. The first kappa shape index (κ1) is 24.6. The van der Waals surface area contributed by atoms with E-state index in [1.807, 2.05) is 55.3 Å². The van der Waals surface area contributed by atoms with Gasteiger partial charge in [0.1, 0.15) is 5.82 Å². The van der Waals surface area contributed by atoms with Gasteiger partial charge >= 0.3 is 6.03 Å². The molecule has 3 aromatic carbocycles. The fourth-order valence-corrected chi connectivity index (χ4v) is 3.95. The first-order chi connectivity index (χ1) is 17.2. The number of anilines is 6. The largest absolute Gasteiger partial charge is 0.329 e. The van der Waals surface area contributed by atoms with E-state index < -0.39 is 10.0 Å². The van der Waals surface area contributed by atoms with Crippen LogP contribution in [0.4, 0.5) is 39.3 Å². The minimum absolute atomic E-state index is 0.0120. The standard InChI is InChI=1S/C25H25N7O3S/c1-17-5-3-6-19(15-17)30-25(33)29-18-9-11-21(12-10-18)32(2)23-13-14-27-24(31-23)28-20-7-4-8-22(16-20)36(26,34)35/h3-16H,1-2H3,(H2,26,34,35)(H,27,28,31)(H2,29,30,33). The van der Waals surface area contributed by atoms with Gasteiger partial charge in [-0.05, 0) is 73.2 Å². The predicted octanol–water partition coefficient (Wildman–Crippen LogP) is 4.59. The number of rotatable bonds is 7. The second-order valence-corrected chi connectivity index (χ2v) is 9.55. The fourth-order valence-electron chi connectivity index (χ4n) is 3.39. The molecule has 0 fully saturated rings. The molecule has 1 aromatic heterocycles. The molecule has 0 unspecified atom stereocenters. The van der Waals surface area contributed by atoms with Crippen molar-refractivity contribution in [3.05, 3.63) is 90.6 Å². The van der Waals surface area contributed by atoms with Gasteiger partial charge in [-0.1, -0.05) is 18.2 Å². The minimum atomic E-state index is -3.82. The van der Waals surface area contributed by atoms with Crippen molar-refractivity contribution < 1.29 is 13.2 Å². The lowest BCUT2D eigenvalue weighted by Crippen LogP contribution is -2.19. The van der Waals surface area contributed by atoms with Crippen LogP contribution in [0.5, 0.6) is 0 Å². The normalized spacial score (nSPS) is 11.0. The summed E-state index contributed by atoms with van der Waals surface area (Å²) in [5.41, 5.74) is 3.73. The highest BCUT2D eigenvalue weighted by Crippen LogP contribution is 2.25. The number of nitrogens with one attached hydrogen (secondary N) is 3. The molecule has 0 bridgehead atoms. The Morgan fingerprint density at radius 3 is 2.31 bits per heavy atom. The molecular formula is C25H25N7O3S. The third-order valence-electron chi connectivity index (χ3n) is 5.19. The number of hydrogen-bond acceptors (Lipinski definition) is 7. The van der Waals surface area contributed by atoms with Crippen LogP contribution in [0.2, 0.25) is 0 Å². The quantitative estimate of drug-likeness (QED) is 0.289. The van der Waals surface area contributed by atoms with Crippen molar-refractivity contribution in [2.75, 3.05) is 27.9 Å². The van der Waals surface area contributed by atoms with Crippen molar-refractivity contribution in [2.24, 2.45) is 5.14 Å². The summed E-state index contributed by atoms with van der Waals surface area (Å²) in [5.74, 6) is 0.894. The van der Waals surface area contributed by atoms with Crippen LogP contribution in [-0.4, -0.2) is 31.5 Å². The lowest BCUT2D eigenvalue weighted by atomic mass is 10.2. The van der Waals surface area contributed by atoms with E-state index >= 15 is 0 Å². The topological polar surface area (TPSA) is 142 Å². The van der Waals surface area contributed by atoms with E-state index in [4.69, 9.17) is 5.14 Å². The van der Waals surface area contributed by atoms with Gasteiger partial charge in [0.05, 0.1) is 4.90 Å². The van der Waals surface area contributed by atoms with Crippen LogP contribution in [0.15, 0.2) is 90.0 Å². The highest BCUT2D eigenvalue weighted by Gasteiger charge is 2.11. The van der Waals surface area contributed by atoms with Crippen LogP contribution in [0, 0.1) is 6.92 Å². The van der Waals surface area contributed by atoms with E-state index in [2.05, 4.69) is 25.9 Å². The molecule has 0 radical (unpaired) electrons. The summed E-state index contributed by atoms with van der Waals surface area (Å²) in [4.78, 5) is 22.8. The maximum Gasteiger partial charge on any atom is 0.323 e. The molecule has 4 aromatic rings. The van der Waals surface area contributed by atoms with Gasteiger partial charge < -0.3 is 20.9 Å². The molecule has 0 spiro atoms. The summed E-state index contributed by atoms with van der Waals surface area (Å²) in [5, 5.41) is 13.8. The van der Waals surface area contributed by atoms with E-state index in [1.54, 1.807) is 36.5 Å². The zero-order valence-electron chi connectivity index (χ0n) is 19.6. The van der Waals surface area contributed by atoms with Gasteiger partial charge in [0, 0.05) is 36.0 Å². The lowest BCUT2D eigenvalue weighted by molar-refractivity contribution is 0.262. The van der Waals surface area contributed by atoms with E-state index in [0.717, 1.165) is 11.3 Å². The Balaban J connectivity index is 1.42. The number of amides is 2. The summed E-state index contributed by atoms with van der Waals surface area (Å²) in [7, 11) is -1.98. The van der Waals surface area contributed by atoms with Crippen LogP contribution >= 0.6 is 0 Å². The van der Waals surface area contributed by atoms with Crippen molar-refractivity contribution >= 4 is 50.6 Å². The Kier molecular flexibility index (Phi) is 7.13. The fraction of sp³-hybridized carbons (Fsp3) is 0.0800. The monoisotopic (exact) mass is 503 g/mol. The number of aromatic nitrogens is 2. The van der Waals surface area contributed by atoms with Crippen molar-refractivity contribution in [3.8, 4) is 0 Å². The number of aryl methyl sites for hydroxylation is 1. The Hall–Kier alpha value is -4.48. The highest BCUT2D eigenvalue weighted by atomic mass is 32.2. The van der Waals surface area contributed by atoms with Crippen molar-refractivity contribution in [1.29, 1.82) is 0 Å². The number of nitrogens with two attached hydrogens (primary N) is 1. The van der Waals surface area contributed by atoms with Crippen LogP contribution in [-0.2, 0) is 10.0 Å². The molecule has 2 amide bonds. The van der Waals surface area contributed by atoms with Gasteiger partial charge in [-0.3, -0.25) is 0 Å². The Morgan fingerprint density at radius 1 is 0.889 bits per heavy atom. The molecule has 0 aliphatic heterocycles. The van der Waals surface area contributed by atoms with Gasteiger partial charge in [-0.15, -0.1) is 0 Å². The molecule has 4 rings (SSSR count). The maximum atomic E-state index is 12.3. The van der Waals surface area contributed by atoms with E-state index in [-0.39, 0.29) is 16.9 Å². The third-order valence-corrected chi connectivity index (χ3v) is 6.10. The second kappa shape index (κ2) is 10.4. The minimum Gasteiger partial charge on any atom is -0.329 e. The van der Waals surface area contributed by atoms with Crippen molar-refractivity contribution in [3.63, 3.8) is 0 Å². The number of carbonyl (C=O) groups excluding carboxylic acids is 1. The first-order valence-electron chi connectivity index (χ1n) is 10.9. The van der Waals surface area contributed by atoms with E-state index in [9.17, 15) is 13.2 Å². The molecule has 0 aliphatic rings. The lowest BCUT2D eigenvalue weighted by Gasteiger charge is -2.19. The molecule has 0 saturated heterocycles. The molecule has 0 aliphatic carbocycles. The summed E-state index contributed by atoms with van der Waals surface area (Å²) >= 11 is 0. The highest BCUT2D eigenvalue weighted by molar-refractivity contribution is 7.89. The SMILES string of the molecule is Cc1cccc(NC(=O)Nc2ccc(N(C)c3ccnc(Nc4cccc(S(N)(=O)=O)c4)n3)cc2)c1. The number of sulfonamides is 1. The Morgan fingerprint density at radius 2 is 1.58 bits per heavy atom. The van der Waals surface area contributed by atoms with Gasteiger partial charge in [-0.25, -0.2) is 23.3 Å². The van der Waals surface area contributed by atoms with Gasteiger partial charge in [0.2, 0.25) is 16.0 Å². The zero-order valence-corrected chi connectivity index (χ0v) is 20.5. The number of urea groups is 1. The molecular weight excluding hydrogens is 478 g/mol. The average Bonchev–Trinajstić information content (AvgIpc) is 2.84. The summed E-state index contributed by atoms with van der Waals surface area (Å²) in [6.07, 6.45) is 1.59. The molecule has 5 N–H and O–H groups in total. The smallest absolute Gasteiger partial charge is 0.323 e. The first-order valence-corrected chi connectivity index (χ1v) is 12.4. The maximum absolute atomic E-state index is 12.3. The summed E-state index contributed by atoms with van der Waals surface area (Å²) in [6, 6.07) is 22.4. The number of hydrogen-bond donors (Lipinski definition) is 4. The molecule has 11 heteroatoms. The second-order valence-electron chi connectivity index (χ2n) is 7.99. The van der Waals surface area contributed by atoms with Crippen LogP contribution in [0.25, 0.3) is 0 Å². The molecule has 0 atom stereocenters. The van der Waals surface area contributed by atoms with Crippen LogP contribution < -0.4 is 26.0 Å². The third kappa shape index (κ3) is 6.34. The van der Waals surface area contributed by atoms with Gasteiger partial charge in [0.25, 0.3) is 0 Å². The summed E-state index contributed by atoms with van der Waals surface area (Å²) in [6.45, 7) is 1.96. The average molecular weight is 504 g/mol. The number of primary sulfonamides is 1. The molecule has 1 heterocycles. The van der Waals surface area contributed by atoms with E-state index in [0.29, 0.717) is 22.9 Å². The molecule has 184 valence electrons. The number of nitrogens with zero attached hydrogens (tertiary/aromatic N) is 3. The summed E-state index contributed by atoms with van der Waals surface area (Å²) < 4.78 is 23.2. The zero-order chi connectivity index (χ0) is 25.7. The van der Waals surface area contributed by atoms with Gasteiger partial charge in [-0.2, -0.15) is 4.98 Å². The Labute approximate surface area is 209 Å². The molecule has 36 heavy (non-hydrogen) atoms. The number of carbonyl (C=O) groups is 1. The van der Waals surface area contributed by atoms with Crippen molar-refractivity contribution in [2.45, 2.75) is 11.8 Å².